The first-order valence-electron chi connectivity index (χ1n) is 16.2. The van der Waals surface area contributed by atoms with Crippen molar-refractivity contribution in [2.75, 3.05) is 0 Å². The van der Waals surface area contributed by atoms with Crippen molar-refractivity contribution in [3.8, 4) is 22.6 Å². The molecule has 9 aromatic rings. The van der Waals surface area contributed by atoms with Gasteiger partial charge in [-0.15, -0.1) is 0 Å². The molecule has 0 aliphatic heterocycles. The zero-order valence-corrected chi connectivity index (χ0v) is 27.0. The summed E-state index contributed by atoms with van der Waals surface area (Å²) in [6.45, 7) is 0. The summed E-state index contributed by atoms with van der Waals surface area (Å²) in [7, 11) is -3.09. The lowest BCUT2D eigenvalue weighted by molar-refractivity contribution is 0.592. The molecule has 7 aromatic carbocycles. The van der Waals surface area contributed by atoms with Crippen LogP contribution in [0.5, 0.6) is 0 Å². The number of rotatable bonds is 6. The molecule has 0 aliphatic carbocycles. The van der Waals surface area contributed by atoms with Crippen LogP contribution < -0.4 is 15.9 Å². The van der Waals surface area contributed by atoms with Gasteiger partial charge in [-0.25, -0.2) is 0 Å². The van der Waals surface area contributed by atoms with E-state index in [1.807, 2.05) is 60.7 Å². The molecule has 2 heterocycles. The summed E-state index contributed by atoms with van der Waals surface area (Å²) < 4.78 is 19.9. The molecule has 228 valence electrons. The van der Waals surface area contributed by atoms with Crippen LogP contribution in [-0.4, -0.2) is 9.13 Å². The van der Waals surface area contributed by atoms with Crippen LogP contribution in [0.1, 0.15) is 0 Å². The molecule has 0 N–H and O–H groups in total. The lowest BCUT2D eigenvalue weighted by atomic mass is 10.1. The van der Waals surface area contributed by atoms with Gasteiger partial charge in [0.1, 0.15) is 0 Å². The van der Waals surface area contributed by atoms with Gasteiger partial charge in [0.25, 0.3) is 0 Å². The Bertz CT molecular complexity index is 2560. The van der Waals surface area contributed by atoms with Gasteiger partial charge >= 0.3 is 0 Å². The van der Waals surface area contributed by atoms with E-state index in [2.05, 4.69) is 137 Å². The maximum Gasteiger partial charge on any atom is 0.171 e. The van der Waals surface area contributed by atoms with E-state index in [0.717, 1.165) is 55.1 Å². The average Bonchev–Trinajstić information content (AvgIpc) is 3.73. The first-order chi connectivity index (χ1) is 23.7. The van der Waals surface area contributed by atoms with E-state index < -0.39 is 7.14 Å². The van der Waals surface area contributed by atoms with Crippen LogP contribution in [0, 0.1) is 0 Å². The number of hydrogen-bond acceptors (Lipinski definition) is 1. The first kappa shape index (κ1) is 28.3. The molecule has 0 saturated heterocycles. The van der Waals surface area contributed by atoms with Crippen molar-refractivity contribution >= 4 is 55.8 Å². The van der Waals surface area contributed by atoms with E-state index in [4.69, 9.17) is 0 Å². The van der Waals surface area contributed by atoms with Crippen molar-refractivity contribution in [3.05, 3.63) is 188 Å². The maximum absolute atomic E-state index is 15.1. The molecule has 0 saturated carbocycles. The number of benzene rings is 7. The molecule has 0 fully saturated rings. The molecule has 2 aromatic heterocycles. The highest BCUT2D eigenvalue weighted by Crippen LogP contribution is 2.44. The highest BCUT2D eigenvalue weighted by atomic mass is 31.2. The van der Waals surface area contributed by atoms with Crippen molar-refractivity contribution in [1.29, 1.82) is 0 Å². The van der Waals surface area contributed by atoms with Gasteiger partial charge in [-0.05, 0) is 60.2 Å². The number of hydrogen-bond donors (Lipinski definition) is 0. The minimum Gasteiger partial charge on any atom is -0.309 e. The van der Waals surface area contributed by atoms with Crippen LogP contribution in [0.25, 0.3) is 55.3 Å². The van der Waals surface area contributed by atoms with Crippen molar-refractivity contribution in [2.24, 2.45) is 0 Å². The smallest absolute Gasteiger partial charge is 0.171 e. The van der Waals surface area contributed by atoms with Gasteiger partial charge in [-0.2, -0.15) is 0 Å². The summed E-state index contributed by atoms with van der Waals surface area (Å²) in [5, 5.41) is 6.06. The summed E-state index contributed by atoms with van der Waals surface area (Å²) in [6.07, 6.45) is 0. The van der Waals surface area contributed by atoms with Gasteiger partial charge in [-0.1, -0.05) is 133 Å². The second-order valence-electron chi connectivity index (χ2n) is 12.1. The molecule has 0 unspecified atom stereocenters. The van der Waals surface area contributed by atoms with E-state index >= 15 is 4.57 Å². The Morgan fingerprint density at radius 2 is 0.875 bits per heavy atom. The summed E-state index contributed by atoms with van der Waals surface area (Å²) >= 11 is 0. The largest absolute Gasteiger partial charge is 0.309 e. The Hall–Kier alpha value is -5.89. The predicted molar refractivity (Wildman–Crippen MR) is 202 cm³/mol. The van der Waals surface area contributed by atoms with Crippen LogP contribution in [0.15, 0.2) is 188 Å². The van der Waals surface area contributed by atoms with Gasteiger partial charge in [0.05, 0.1) is 22.2 Å². The topological polar surface area (TPSA) is 26.9 Å². The Morgan fingerprint density at radius 3 is 1.52 bits per heavy atom. The minimum atomic E-state index is -3.09. The monoisotopic (exact) mass is 634 g/mol. The maximum atomic E-state index is 15.1. The van der Waals surface area contributed by atoms with E-state index in [1.54, 1.807) is 0 Å². The fourth-order valence-electron chi connectivity index (χ4n) is 7.22. The molecule has 0 bridgehead atoms. The third kappa shape index (κ3) is 4.40. The van der Waals surface area contributed by atoms with E-state index in [1.165, 1.54) is 16.2 Å². The van der Waals surface area contributed by atoms with Crippen LogP contribution >= 0.6 is 7.14 Å². The third-order valence-electron chi connectivity index (χ3n) is 9.41. The predicted octanol–water partition coefficient (Wildman–Crippen LogP) is 10.0. The van der Waals surface area contributed by atoms with Gasteiger partial charge in [0, 0.05) is 43.4 Å². The lowest BCUT2D eigenvalue weighted by Crippen LogP contribution is -2.24. The number of fused-ring (bicyclic) bond motifs is 5. The van der Waals surface area contributed by atoms with Crippen LogP contribution in [0.4, 0.5) is 0 Å². The zero-order valence-electron chi connectivity index (χ0n) is 26.1. The SMILES string of the molecule is O=P(c1ccccc1)(c1ccccc1)c1ccc(-n2c3ccccc3c3ccc4c(cc(-c5ccccc5)n4-c4ccccc4)c32)cc1. The Morgan fingerprint density at radius 1 is 0.375 bits per heavy atom. The fourth-order valence-corrected chi connectivity index (χ4v) is 9.87. The van der Waals surface area contributed by atoms with Gasteiger partial charge in [-0.3, -0.25) is 0 Å². The standard InChI is InChI=1S/C44H31N2OP/c47-48(35-19-9-3-10-20-35,36-21-11-4-12-22-36)37-27-25-34(26-28-37)46-41-24-14-13-23-38(41)39-29-30-42-40(44(39)46)31-43(32-15-5-1-6-16-32)45(42)33-17-7-2-8-18-33/h1-31H. The summed E-state index contributed by atoms with van der Waals surface area (Å²) in [5.41, 5.74) is 7.89. The molecule has 48 heavy (non-hydrogen) atoms. The van der Waals surface area contributed by atoms with Crippen molar-refractivity contribution in [1.82, 2.24) is 9.13 Å². The van der Waals surface area contributed by atoms with E-state index in [9.17, 15) is 0 Å². The Labute approximate surface area is 279 Å². The first-order valence-corrected chi connectivity index (χ1v) is 17.9. The number of para-hydroxylation sites is 2. The second kappa shape index (κ2) is 11.4. The van der Waals surface area contributed by atoms with E-state index in [-0.39, 0.29) is 0 Å². The molecule has 0 radical (unpaired) electrons. The highest BCUT2D eigenvalue weighted by Gasteiger charge is 2.29. The van der Waals surface area contributed by atoms with Gasteiger partial charge in [0.15, 0.2) is 7.14 Å². The minimum absolute atomic E-state index is 0.816. The Balaban J connectivity index is 1.31. The van der Waals surface area contributed by atoms with Crippen LogP contribution in [0.2, 0.25) is 0 Å². The second-order valence-corrected chi connectivity index (χ2v) is 14.9. The van der Waals surface area contributed by atoms with Crippen molar-refractivity contribution < 1.29 is 4.57 Å². The summed E-state index contributed by atoms with van der Waals surface area (Å²) in [5.74, 6) is 0. The normalized spacial score (nSPS) is 11.8. The van der Waals surface area contributed by atoms with Crippen LogP contribution in [-0.2, 0) is 4.57 Å². The quantitative estimate of drug-likeness (QED) is 0.167. The Kier molecular flexibility index (Phi) is 6.74. The van der Waals surface area contributed by atoms with Crippen molar-refractivity contribution in [2.45, 2.75) is 0 Å². The molecule has 0 aliphatic rings. The van der Waals surface area contributed by atoms with E-state index in [0.29, 0.717) is 0 Å². The molecule has 9 rings (SSSR count). The average molecular weight is 635 g/mol. The fraction of sp³-hybridized carbons (Fsp3) is 0. The molecule has 0 atom stereocenters. The summed E-state index contributed by atoms with van der Waals surface area (Å²) in [4.78, 5) is 0. The molecule has 0 amide bonds. The van der Waals surface area contributed by atoms with Gasteiger partial charge < -0.3 is 13.7 Å². The highest BCUT2D eigenvalue weighted by molar-refractivity contribution is 7.85. The lowest BCUT2D eigenvalue weighted by Gasteiger charge is -2.20. The molecule has 3 nitrogen and oxygen atoms in total. The number of nitrogens with zero attached hydrogens (tertiary/aromatic N) is 2. The molecular weight excluding hydrogens is 603 g/mol. The molecule has 4 heteroatoms. The molecule has 0 spiro atoms. The number of aromatic nitrogens is 2. The third-order valence-corrected chi connectivity index (χ3v) is 12.5. The molecular formula is C44H31N2OP. The van der Waals surface area contributed by atoms with Crippen LogP contribution in [0.3, 0.4) is 0 Å². The zero-order chi connectivity index (χ0) is 32.1. The van der Waals surface area contributed by atoms with Gasteiger partial charge in [0.2, 0.25) is 0 Å². The summed E-state index contributed by atoms with van der Waals surface area (Å²) in [6, 6.07) is 64.8. The van der Waals surface area contributed by atoms with Crippen molar-refractivity contribution in [3.63, 3.8) is 0 Å².